The number of aryl methyl sites for hydroxylation is 1. The molecular weight excluding hydrogens is 295 g/mol. The standard InChI is InChI=1S/C18H19FN2O2/c1-12-8-9-15(10-16(12)19)21-18(23)11-17(20-13(2)22)14-6-4-3-5-7-14/h3-10,17H,11H2,1-2H3,(H,20,22)(H,21,23)/t17-/m0/s1. The van der Waals surface area contributed by atoms with E-state index in [1.54, 1.807) is 19.1 Å². The quantitative estimate of drug-likeness (QED) is 0.889. The summed E-state index contributed by atoms with van der Waals surface area (Å²) in [5.41, 5.74) is 1.75. The number of amides is 2. The molecule has 0 aliphatic carbocycles. The third-order valence-corrected chi connectivity index (χ3v) is 3.42. The lowest BCUT2D eigenvalue weighted by atomic mass is 10.0. The van der Waals surface area contributed by atoms with Crippen molar-refractivity contribution in [3.63, 3.8) is 0 Å². The fourth-order valence-electron chi connectivity index (χ4n) is 2.25. The van der Waals surface area contributed by atoms with Crippen LogP contribution in [0.15, 0.2) is 48.5 Å². The first-order valence-corrected chi connectivity index (χ1v) is 7.34. The van der Waals surface area contributed by atoms with Crippen molar-refractivity contribution in [3.05, 3.63) is 65.5 Å². The molecule has 0 radical (unpaired) electrons. The predicted molar refractivity (Wildman–Crippen MR) is 87.4 cm³/mol. The minimum atomic E-state index is -0.427. The molecule has 0 saturated carbocycles. The molecule has 0 bridgehead atoms. The highest BCUT2D eigenvalue weighted by Crippen LogP contribution is 2.19. The third-order valence-electron chi connectivity index (χ3n) is 3.42. The van der Waals surface area contributed by atoms with Gasteiger partial charge in [0.15, 0.2) is 0 Å². The maximum Gasteiger partial charge on any atom is 0.226 e. The molecule has 5 heteroatoms. The summed E-state index contributed by atoms with van der Waals surface area (Å²) in [7, 11) is 0. The van der Waals surface area contributed by atoms with Gasteiger partial charge in [-0.1, -0.05) is 36.4 Å². The van der Waals surface area contributed by atoms with Crippen molar-refractivity contribution in [1.29, 1.82) is 0 Å². The van der Waals surface area contributed by atoms with Gasteiger partial charge in [0, 0.05) is 12.6 Å². The Hall–Kier alpha value is -2.69. The van der Waals surface area contributed by atoms with Gasteiger partial charge in [0.25, 0.3) is 0 Å². The molecule has 2 N–H and O–H groups in total. The van der Waals surface area contributed by atoms with Gasteiger partial charge in [-0.25, -0.2) is 4.39 Å². The minimum Gasteiger partial charge on any atom is -0.349 e. The second-order valence-electron chi connectivity index (χ2n) is 5.38. The zero-order chi connectivity index (χ0) is 16.8. The molecule has 2 amide bonds. The highest BCUT2D eigenvalue weighted by atomic mass is 19.1. The monoisotopic (exact) mass is 314 g/mol. The van der Waals surface area contributed by atoms with E-state index in [4.69, 9.17) is 0 Å². The zero-order valence-electron chi connectivity index (χ0n) is 13.1. The Morgan fingerprint density at radius 1 is 1.13 bits per heavy atom. The molecule has 120 valence electrons. The summed E-state index contributed by atoms with van der Waals surface area (Å²) >= 11 is 0. The number of anilines is 1. The number of hydrogen-bond donors (Lipinski definition) is 2. The molecule has 0 aliphatic rings. The molecule has 0 aliphatic heterocycles. The summed E-state index contributed by atoms with van der Waals surface area (Å²) in [5, 5.41) is 5.41. The Balaban J connectivity index is 2.08. The SMILES string of the molecule is CC(=O)N[C@@H](CC(=O)Nc1ccc(C)c(F)c1)c1ccccc1. The number of rotatable bonds is 5. The minimum absolute atomic E-state index is 0.0685. The van der Waals surface area contributed by atoms with Crippen LogP contribution in [-0.4, -0.2) is 11.8 Å². The van der Waals surface area contributed by atoms with Crippen LogP contribution in [0, 0.1) is 12.7 Å². The fourth-order valence-corrected chi connectivity index (χ4v) is 2.25. The number of nitrogens with one attached hydrogen (secondary N) is 2. The number of carbonyl (C=O) groups excluding carboxylic acids is 2. The number of halogens is 1. The van der Waals surface area contributed by atoms with Gasteiger partial charge in [-0.05, 0) is 30.2 Å². The molecule has 0 aromatic heterocycles. The Morgan fingerprint density at radius 2 is 1.83 bits per heavy atom. The maximum atomic E-state index is 13.5. The van der Waals surface area contributed by atoms with Crippen LogP contribution in [0.4, 0.5) is 10.1 Å². The van der Waals surface area contributed by atoms with Crippen molar-refractivity contribution in [2.75, 3.05) is 5.32 Å². The normalized spacial score (nSPS) is 11.6. The summed E-state index contributed by atoms with van der Waals surface area (Å²) in [5.74, 6) is -0.881. The van der Waals surface area contributed by atoms with Crippen LogP contribution >= 0.6 is 0 Å². The van der Waals surface area contributed by atoms with Crippen molar-refractivity contribution < 1.29 is 14.0 Å². The average Bonchev–Trinajstić information content (AvgIpc) is 2.51. The van der Waals surface area contributed by atoms with Gasteiger partial charge >= 0.3 is 0 Å². The van der Waals surface area contributed by atoms with Crippen LogP contribution in [-0.2, 0) is 9.59 Å². The van der Waals surface area contributed by atoms with Gasteiger partial charge in [-0.2, -0.15) is 0 Å². The average molecular weight is 314 g/mol. The Labute approximate surface area is 134 Å². The van der Waals surface area contributed by atoms with E-state index in [1.165, 1.54) is 13.0 Å². The molecule has 2 aromatic carbocycles. The summed E-state index contributed by atoms with van der Waals surface area (Å²) in [6.07, 6.45) is 0.0685. The van der Waals surface area contributed by atoms with Crippen LogP contribution in [0.3, 0.4) is 0 Å². The predicted octanol–water partition coefficient (Wildman–Crippen LogP) is 3.34. The molecule has 1 atom stereocenters. The van der Waals surface area contributed by atoms with Crippen LogP contribution < -0.4 is 10.6 Å². The Morgan fingerprint density at radius 3 is 2.43 bits per heavy atom. The van der Waals surface area contributed by atoms with Gasteiger partial charge in [-0.3, -0.25) is 9.59 Å². The Bertz CT molecular complexity index is 701. The van der Waals surface area contributed by atoms with Gasteiger partial charge in [0.2, 0.25) is 11.8 Å². The molecule has 2 aromatic rings. The topological polar surface area (TPSA) is 58.2 Å². The molecular formula is C18H19FN2O2. The second-order valence-corrected chi connectivity index (χ2v) is 5.38. The van der Waals surface area contributed by atoms with E-state index >= 15 is 0 Å². The zero-order valence-corrected chi connectivity index (χ0v) is 13.1. The molecule has 0 saturated heterocycles. The van der Waals surface area contributed by atoms with Gasteiger partial charge in [0.05, 0.1) is 12.5 Å². The van der Waals surface area contributed by atoms with E-state index in [2.05, 4.69) is 10.6 Å². The van der Waals surface area contributed by atoms with E-state index in [0.29, 0.717) is 11.3 Å². The molecule has 0 spiro atoms. The molecule has 0 fully saturated rings. The van der Waals surface area contributed by atoms with E-state index in [9.17, 15) is 14.0 Å². The summed E-state index contributed by atoms with van der Waals surface area (Å²) < 4.78 is 13.5. The third kappa shape index (κ3) is 4.92. The number of hydrogen-bond acceptors (Lipinski definition) is 2. The van der Waals surface area contributed by atoms with E-state index < -0.39 is 6.04 Å². The van der Waals surface area contributed by atoms with Crippen molar-refractivity contribution >= 4 is 17.5 Å². The molecule has 23 heavy (non-hydrogen) atoms. The molecule has 0 unspecified atom stereocenters. The van der Waals surface area contributed by atoms with Crippen LogP contribution in [0.5, 0.6) is 0 Å². The molecule has 4 nitrogen and oxygen atoms in total. The van der Waals surface area contributed by atoms with Crippen LogP contribution in [0.25, 0.3) is 0 Å². The summed E-state index contributed by atoms with van der Waals surface area (Å²) in [6, 6.07) is 13.4. The highest BCUT2D eigenvalue weighted by molar-refractivity contribution is 5.91. The van der Waals surface area contributed by atoms with E-state index in [0.717, 1.165) is 5.56 Å². The Kier molecular flexibility index (Phi) is 5.46. The van der Waals surface area contributed by atoms with Gasteiger partial charge in [-0.15, -0.1) is 0 Å². The number of carbonyl (C=O) groups is 2. The van der Waals surface area contributed by atoms with Crippen molar-refractivity contribution in [1.82, 2.24) is 5.32 Å². The van der Waals surface area contributed by atoms with Gasteiger partial charge < -0.3 is 10.6 Å². The van der Waals surface area contributed by atoms with Gasteiger partial charge in [0.1, 0.15) is 5.82 Å². The maximum absolute atomic E-state index is 13.5. The lowest BCUT2D eigenvalue weighted by molar-refractivity contribution is -0.120. The summed E-state index contributed by atoms with van der Waals surface area (Å²) in [6.45, 7) is 3.06. The van der Waals surface area contributed by atoms with Crippen molar-refractivity contribution in [2.24, 2.45) is 0 Å². The first-order chi connectivity index (χ1) is 11.0. The molecule has 0 heterocycles. The first kappa shape index (κ1) is 16.7. The summed E-state index contributed by atoms with van der Waals surface area (Å²) in [4.78, 5) is 23.5. The number of benzene rings is 2. The van der Waals surface area contributed by atoms with E-state index in [1.807, 2.05) is 30.3 Å². The van der Waals surface area contributed by atoms with E-state index in [-0.39, 0.29) is 24.1 Å². The smallest absolute Gasteiger partial charge is 0.226 e. The van der Waals surface area contributed by atoms with Crippen LogP contribution in [0.1, 0.15) is 30.5 Å². The second kappa shape index (κ2) is 7.54. The van der Waals surface area contributed by atoms with Crippen molar-refractivity contribution in [2.45, 2.75) is 26.3 Å². The molecule has 2 rings (SSSR count). The largest absolute Gasteiger partial charge is 0.349 e. The lowest BCUT2D eigenvalue weighted by Crippen LogP contribution is -2.29. The fraction of sp³-hybridized carbons (Fsp3) is 0.222. The van der Waals surface area contributed by atoms with Crippen LogP contribution in [0.2, 0.25) is 0 Å². The first-order valence-electron chi connectivity index (χ1n) is 7.34. The lowest BCUT2D eigenvalue weighted by Gasteiger charge is -2.18. The highest BCUT2D eigenvalue weighted by Gasteiger charge is 2.17. The van der Waals surface area contributed by atoms with Crippen molar-refractivity contribution in [3.8, 4) is 0 Å².